The van der Waals surface area contributed by atoms with E-state index in [1.54, 1.807) is 16.8 Å². The summed E-state index contributed by atoms with van der Waals surface area (Å²) in [6.45, 7) is 9.36. The van der Waals surface area contributed by atoms with Crippen molar-refractivity contribution in [1.82, 2.24) is 9.80 Å². The van der Waals surface area contributed by atoms with Gasteiger partial charge in [-0.15, -0.1) is 0 Å². The van der Waals surface area contributed by atoms with Crippen LogP contribution >= 0.6 is 0 Å². The first kappa shape index (κ1) is 17.7. The van der Waals surface area contributed by atoms with E-state index < -0.39 is 5.97 Å². The molecule has 0 aromatic heterocycles. The zero-order valence-corrected chi connectivity index (χ0v) is 12.8. The molecule has 0 aliphatic heterocycles. The quantitative estimate of drug-likeness (QED) is 0.739. The Morgan fingerprint density at radius 1 is 1.21 bits per heavy atom. The Balaban J connectivity index is 4.43. The van der Waals surface area contributed by atoms with Crippen molar-refractivity contribution in [3.05, 3.63) is 0 Å². The predicted octanol–water partition coefficient (Wildman–Crippen LogP) is 2.66. The lowest BCUT2D eigenvalue weighted by molar-refractivity contribution is -0.137. The second-order valence-corrected chi connectivity index (χ2v) is 5.46. The van der Waals surface area contributed by atoms with Gasteiger partial charge >= 0.3 is 12.0 Å². The molecule has 1 atom stereocenters. The van der Waals surface area contributed by atoms with Crippen molar-refractivity contribution in [3.63, 3.8) is 0 Å². The molecule has 2 amide bonds. The normalized spacial score (nSPS) is 12.3. The summed E-state index contributed by atoms with van der Waals surface area (Å²) in [5.41, 5.74) is 0. The number of carboxylic acids is 1. The molecule has 0 rings (SSSR count). The van der Waals surface area contributed by atoms with Gasteiger partial charge in [-0.3, -0.25) is 4.79 Å². The van der Waals surface area contributed by atoms with Crippen LogP contribution in [0.25, 0.3) is 0 Å². The SMILES string of the molecule is CCC(C)CN(C)C(=O)N(CCCC(=O)O)C(C)C. The van der Waals surface area contributed by atoms with Gasteiger partial charge in [0.25, 0.3) is 0 Å². The molecule has 1 unspecified atom stereocenters. The predicted molar refractivity (Wildman–Crippen MR) is 76.2 cm³/mol. The lowest BCUT2D eigenvalue weighted by Crippen LogP contribution is -2.46. The fraction of sp³-hybridized carbons (Fsp3) is 0.857. The summed E-state index contributed by atoms with van der Waals surface area (Å²) in [5, 5.41) is 8.65. The van der Waals surface area contributed by atoms with E-state index in [2.05, 4.69) is 13.8 Å². The van der Waals surface area contributed by atoms with Crippen LogP contribution in [-0.4, -0.2) is 53.1 Å². The molecule has 0 saturated heterocycles. The standard InChI is InChI=1S/C14H28N2O3/c1-6-12(4)10-15(5)14(19)16(11(2)3)9-7-8-13(17)18/h11-12H,6-10H2,1-5H3,(H,17,18). The van der Waals surface area contributed by atoms with Crippen molar-refractivity contribution in [2.75, 3.05) is 20.1 Å². The first-order chi connectivity index (χ1) is 8.79. The second-order valence-electron chi connectivity index (χ2n) is 5.46. The first-order valence-corrected chi connectivity index (χ1v) is 7.03. The topological polar surface area (TPSA) is 60.9 Å². The molecule has 0 spiro atoms. The van der Waals surface area contributed by atoms with Gasteiger partial charge in [-0.1, -0.05) is 20.3 Å². The average molecular weight is 272 g/mol. The van der Waals surface area contributed by atoms with Crippen molar-refractivity contribution in [3.8, 4) is 0 Å². The van der Waals surface area contributed by atoms with Crippen LogP contribution in [0.2, 0.25) is 0 Å². The molecule has 112 valence electrons. The van der Waals surface area contributed by atoms with Gasteiger partial charge in [-0.25, -0.2) is 4.79 Å². The van der Waals surface area contributed by atoms with Crippen molar-refractivity contribution >= 4 is 12.0 Å². The largest absolute Gasteiger partial charge is 0.481 e. The maximum atomic E-state index is 12.3. The summed E-state index contributed by atoms with van der Waals surface area (Å²) >= 11 is 0. The Bertz CT molecular complexity index is 292. The molecular formula is C14H28N2O3. The molecular weight excluding hydrogens is 244 g/mol. The molecule has 0 radical (unpaired) electrons. The number of rotatable bonds is 8. The maximum absolute atomic E-state index is 12.3. The lowest BCUT2D eigenvalue weighted by Gasteiger charge is -2.32. The number of hydrogen-bond acceptors (Lipinski definition) is 2. The molecule has 0 aromatic carbocycles. The van der Waals surface area contributed by atoms with Gasteiger partial charge in [0, 0.05) is 32.6 Å². The second kappa shape index (κ2) is 8.77. The summed E-state index contributed by atoms with van der Waals surface area (Å²) in [4.78, 5) is 26.3. The Kier molecular flexibility index (Phi) is 8.19. The molecule has 0 fully saturated rings. The number of amides is 2. The fourth-order valence-electron chi connectivity index (χ4n) is 1.87. The van der Waals surface area contributed by atoms with Crippen LogP contribution in [0.15, 0.2) is 0 Å². The molecule has 0 heterocycles. The van der Waals surface area contributed by atoms with E-state index in [9.17, 15) is 9.59 Å². The minimum Gasteiger partial charge on any atom is -0.481 e. The number of carbonyl (C=O) groups excluding carboxylic acids is 1. The fourth-order valence-corrected chi connectivity index (χ4v) is 1.87. The van der Waals surface area contributed by atoms with E-state index in [0.717, 1.165) is 13.0 Å². The van der Waals surface area contributed by atoms with E-state index in [1.165, 1.54) is 0 Å². The molecule has 0 aliphatic carbocycles. The highest BCUT2D eigenvalue weighted by molar-refractivity contribution is 5.74. The molecule has 1 N–H and O–H groups in total. The Morgan fingerprint density at radius 2 is 1.79 bits per heavy atom. The van der Waals surface area contributed by atoms with E-state index in [-0.39, 0.29) is 18.5 Å². The minimum atomic E-state index is -0.816. The Labute approximate surface area is 116 Å². The highest BCUT2D eigenvalue weighted by Crippen LogP contribution is 2.09. The van der Waals surface area contributed by atoms with Crippen LogP contribution < -0.4 is 0 Å². The Hall–Kier alpha value is -1.26. The smallest absolute Gasteiger partial charge is 0.319 e. The van der Waals surface area contributed by atoms with E-state index in [1.807, 2.05) is 13.8 Å². The third kappa shape index (κ3) is 7.03. The van der Waals surface area contributed by atoms with Gasteiger partial charge in [0.15, 0.2) is 0 Å². The lowest BCUT2D eigenvalue weighted by atomic mass is 10.1. The molecule has 0 aromatic rings. The third-order valence-corrected chi connectivity index (χ3v) is 3.27. The van der Waals surface area contributed by atoms with Gasteiger partial charge in [-0.2, -0.15) is 0 Å². The highest BCUT2D eigenvalue weighted by atomic mass is 16.4. The van der Waals surface area contributed by atoms with Crippen molar-refractivity contribution in [2.45, 2.75) is 53.0 Å². The maximum Gasteiger partial charge on any atom is 0.319 e. The van der Waals surface area contributed by atoms with Crippen LogP contribution in [0.5, 0.6) is 0 Å². The number of carbonyl (C=O) groups is 2. The number of nitrogens with zero attached hydrogens (tertiary/aromatic N) is 2. The van der Waals surface area contributed by atoms with Gasteiger partial charge < -0.3 is 14.9 Å². The summed E-state index contributed by atoms with van der Waals surface area (Å²) in [6, 6.07) is 0.0707. The monoisotopic (exact) mass is 272 g/mol. The molecule has 5 heteroatoms. The zero-order valence-electron chi connectivity index (χ0n) is 12.8. The van der Waals surface area contributed by atoms with E-state index in [4.69, 9.17) is 5.11 Å². The van der Waals surface area contributed by atoms with Crippen molar-refractivity contribution in [2.24, 2.45) is 5.92 Å². The van der Waals surface area contributed by atoms with Crippen molar-refractivity contribution in [1.29, 1.82) is 0 Å². The van der Waals surface area contributed by atoms with Gasteiger partial charge in [0.05, 0.1) is 0 Å². The van der Waals surface area contributed by atoms with Gasteiger partial charge in [-0.05, 0) is 26.2 Å². The van der Waals surface area contributed by atoms with Gasteiger partial charge in [0.1, 0.15) is 0 Å². The van der Waals surface area contributed by atoms with Crippen molar-refractivity contribution < 1.29 is 14.7 Å². The molecule has 0 saturated carbocycles. The third-order valence-electron chi connectivity index (χ3n) is 3.27. The van der Waals surface area contributed by atoms with E-state index >= 15 is 0 Å². The summed E-state index contributed by atoms with van der Waals surface area (Å²) in [6.07, 6.45) is 1.64. The zero-order chi connectivity index (χ0) is 15.0. The van der Waals surface area contributed by atoms with Crippen LogP contribution in [-0.2, 0) is 4.79 Å². The summed E-state index contributed by atoms with van der Waals surface area (Å²) in [5.74, 6) is -0.342. The van der Waals surface area contributed by atoms with Crippen LogP contribution in [0.3, 0.4) is 0 Å². The van der Waals surface area contributed by atoms with Crippen LogP contribution in [0.1, 0.15) is 47.0 Å². The van der Waals surface area contributed by atoms with E-state index in [0.29, 0.717) is 18.9 Å². The molecule has 5 nitrogen and oxygen atoms in total. The summed E-state index contributed by atoms with van der Waals surface area (Å²) in [7, 11) is 1.81. The molecule has 0 bridgehead atoms. The molecule has 0 aliphatic rings. The number of urea groups is 1. The summed E-state index contributed by atoms with van der Waals surface area (Å²) < 4.78 is 0. The van der Waals surface area contributed by atoms with Crippen LogP contribution in [0.4, 0.5) is 4.79 Å². The van der Waals surface area contributed by atoms with Crippen LogP contribution in [0, 0.1) is 5.92 Å². The minimum absolute atomic E-state index is 0.0133. The number of carboxylic acid groups (broad SMARTS) is 1. The first-order valence-electron chi connectivity index (χ1n) is 7.03. The number of hydrogen-bond donors (Lipinski definition) is 1. The van der Waals surface area contributed by atoms with Gasteiger partial charge in [0.2, 0.25) is 0 Å². The number of aliphatic carboxylic acids is 1. The highest BCUT2D eigenvalue weighted by Gasteiger charge is 2.21. The average Bonchev–Trinajstić information content (AvgIpc) is 2.32. The Morgan fingerprint density at radius 3 is 2.21 bits per heavy atom. The molecule has 19 heavy (non-hydrogen) atoms.